The summed E-state index contributed by atoms with van der Waals surface area (Å²) < 4.78 is 25.8. The van der Waals surface area contributed by atoms with Gasteiger partial charge in [0, 0.05) is 19.8 Å². The van der Waals surface area contributed by atoms with Crippen LogP contribution < -0.4 is 5.73 Å². The van der Waals surface area contributed by atoms with E-state index < -0.39 is 15.6 Å². The van der Waals surface area contributed by atoms with Crippen molar-refractivity contribution in [1.82, 2.24) is 9.29 Å². The Morgan fingerprint density at radius 1 is 1.47 bits per heavy atom. The third-order valence-electron chi connectivity index (χ3n) is 3.51. The Bertz CT molecular complexity index is 553. The minimum atomic E-state index is -3.76. The molecule has 2 rings (SSSR count). The maximum atomic E-state index is 12.4. The summed E-state index contributed by atoms with van der Waals surface area (Å²) >= 11 is 0. The quantitative estimate of drug-likeness (QED) is 0.844. The predicted molar refractivity (Wildman–Crippen MR) is 71.9 cm³/mol. The summed E-state index contributed by atoms with van der Waals surface area (Å²) in [4.78, 5) is 3.83. The molecule has 3 N–H and O–H groups in total. The van der Waals surface area contributed by atoms with Gasteiger partial charge in [0.15, 0.2) is 5.03 Å². The maximum Gasteiger partial charge on any atom is 0.262 e. The molecule has 1 aromatic rings. The van der Waals surface area contributed by atoms with Gasteiger partial charge in [0.25, 0.3) is 10.0 Å². The zero-order valence-corrected chi connectivity index (χ0v) is 11.7. The Balaban J connectivity index is 2.22. The van der Waals surface area contributed by atoms with E-state index in [4.69, 9.17) is 5.73 Å². The molecule has 106 valence electrons. The lowest BCUT2D eigenvalue weighted by Crippen LogP contribution is -2.42. The number of pyridine rings is 1. The number of aliphatic hydroxyl groups is 1. The molecule has 1 heterocycles. The third kappa shape index (κ3) is 2.88. The molecular formula is C12H19N3O3S. The zero-order chi connectivity index (χ0) is 14.1. The molecule has 0 aliphatic heterocycles. The monoisotopic (exact) mass is 285 g/mol. The van der Waals surface area contributed by atoms with Crippen molar-refractivity contribution in [2.24, 2.45) is 0 Å². The smallest absolute Gasteiger partial charge is 0.262 e. The number of nitrogens with zero attached hydrogens (tertiary/aromatic N) is 2. The molecule has 0 bridgehead atoms. The normalized spacial score (nSPS) is 18.9. The van der Waals surface area contributed by atoms with Gasteiger partial charge >= 0.3 is 0 Å². The van der Waals surface area contributed by atoms with E-state index in [-0.39, 0.29) is 17.3 Å². The Morgan fingerprint density at radius 3 is 2.68 bits per heavy atom. The van der Waals surface area contributed by atoms with Gasteiger partial charge < -0.3 is 10.8 Å². The van der Waals surface area contributed by atoms with Gasteiger partial charge in [-0.1, -0.05) is 12.8 Å². The molecule has 19 heavy (non-hydrogen) atoms. The van der Waals surface area contributed by atoms with E-state index in [1.807, 2.05) is 0 Å². The van der Waals surface area contributed by atoms with Crippen molar-refractivity contribution in [3.63, 3.8) is 0 Å². The van der Waals surface area contributed by atoms with Gasteiger partial charge in [-0.15, -0.1) is 0 Å². The molecule has 7 heteroatoms. The molecular weight excluding hydrogens is 266 g/mol. The summed E-state index contributed by atoms with van der Waals surface area (Å²) in [7, 11) is -2.31. The highest BCUT2D eigenvalue weighted by atomic mass is 32.2. The minimum Gasteiger partial charge on any atom is -0.396 e. The number of nitrogen functional groups attached to an aromatic ring is 1. The first-order valence-electron chi connectivity index (χ1n) is 6.24. The maximum absolute atomic E-state index is 12.4. The molecule has 0 unspecified atom stereocenters. The average Bonchev–Trinajstić information content (AvgIpc) is 2.76. The number of likely N-dealkylation sites (N-methyl/N-ethyl adjacent to an activating group) is 1. The van der Waals surface area contributed by atoms with Crippen LogP contribution in [0.1, 0.15) is 25.7 Å². The Morgan fingerprint density at radius 2 is 2.11 bits per heavy atom. The highest BCUT2D eigenvalue weighted by Crippen LogP contribution is 2.31. The number of aromatic nitrogens is 1. The van der Waals surface area contributed by atoms with Gasteiger partial charge in [0.2, 0.25) is 0 Å². The van der Waals surface area contributed by atoms with Crippen LogP contribution in [0.3, 0.4) is 0 Å². The van der Waals surface area contributed by atoms with E-state index in [1.54, 1.807) is 6.07 Å². The van der Waals surface area contributed by atoms with Crippen molar-refractivity contribution in [2.75, 3.05) is 19.3 Å². The van der Waals surface area contributed by atoms with Crippen LogP contribution in [-0.2, 0) is 10.0 Å². The fourth-order valence-electron chi connectivity index (χ4n) is 2.46. The van der Waals surface area contributed by atoms with Gasteiger partial charge in [-0.05, 0) is 25.0 Å². The lowest BCUT2D eigenvalue weighted by Gasteiger charge is -2.28. The second kappa shape index (κ2) is 5.07. The SMILES string of the molecule is CN(CC1(O)CCCC1)S(=O)(=O)c1ncccc1N. The fraction of sp³-hybridized carbons (Fsp3) is 0.583. The first-order valence-corrected chi connectivity index (χ1v) is 7.68. The number of nitrogens with two attached hydrogens (primary N) is 1. The second-order valence-electron chi connectivity index (χ2n) is 5.09. The highest BCUT2D eigenvalue weighted by molar-refractivity contribution is 7.89. The molecule has 1 aliphatic rings. The summed E-state index contributed by atoms with van der Waals surface area (Å²) in [6, 6.07) is 3.08. The van der Waals surface area contributed by atoms with E-state index in [0.29, 0.717) is 12.8 Å². The van der Waals surface area contributed by atoms with Crippen LogP contribution in [0.15, 0.2) is 23.4 Å². The molecule has 0 amide bonds. The van der Waals surface area contributed by atoms with Crippen LogP contribution in [0.25, 0.3) is 0 Å². The Labute approximate surface area is 113 Å². The molecule has 0 radical (unpaired) electrons. The average molecular weight is 285 g/mol. The van der Waals surface area contributed by atoms with E-state index in [2.05, 4.69) is 4.98 Å². The van der Waals surface area contributed by atoms with Gasteiger partial charge in [-0.25, -0.2) is 13.4 Å². The van der Waals surface area contributed by atoms with Crippen LogP contribution >= 0.6 is 0 Å². The second-order valence-corrected chi connectivity index (χ2v) is 7.05. The van der Waals surface area contributed by atoms with Crippen LogP contribution in [0.4, 0.5) is 5.69 Å². The van der Waals surface area contributed by atoms with Crippen molar-refractivity contribution in [3.05, 3.63) is 18.3 Å². The predicted octanol–water partition coefficient (Wildman–Crippen LogP) is 0.589. The van der Waals surface area contributed by atoms with Crippen LogP contribution in [0, 0.1) is 0 Å². The van der Waals surface area contributed by atoms with E-state index in [9.17, 15) is 13.5 Å². The number of sulfonamides is 1. The molecule has 1 fully saturated rings. The van der Waals surface area contributed by atoms with E-state index >= 15 is 0 Å². The zero-order valence-electron chi connectivity index (χ0n) is 10.9. The molecule has 6 nitrogen and oxygen atoms in total. The van der Waals surface area contributed by atoms with Gasteiger partial charge in [-0.3, -0.25) is 0 Å². The minimum absolute atomic E-state index is 0.0747. The lowest BCUT2D eigenvalue weighted by atomic mass is 10.0. The molecule has 0 aromatic carbocycles. The summed E-state index contributed by atoms with van der Waals surface area (Å²) in [5.41, 5.74) is 4.85. The molecule has 1 aromatic heterocycles. The highest BCUT2D eigenvalue weighted by Gasteiger charge is 2.36. The van der Waals surface area contributed by atoms with E-state index in [1.165, 1.54) is 19.3 Å². The Hall–Kier alpha value is -1.18. The summed E-state index contributed by atoms with van der Waals surface area (Å²) in [6.07, 6.45) is 4.50. The molecule has 1 saturated carbocycles. The van der Waals surface area contributed by atoms with Crippen LogP contribution in [0.5, 0.6) is 0 Å². The number of hydrogen-bond donors (Lipinski definition) is 2. The number of hydrogen-bond acceptors (Lipinski definition) is 5. The summed E-state index contributed by atoms with van der Waals surface area (Å²) in [6.45, 7) is 0.0747. The van der Waals surface area contributed by atoms with E-state index in [0.717, 1.165) is 17.1 Å². The van der Waals surface area contributed by atoms with Crippen molar-refractivity contribution in [2.45, 2.75) is 36.3 Å². The van der Waals surface area contributed by atoms with Crippen LogP contribution in [-0.4, -0.2) is 42.0 Å². The van der Waals surface area contributed by atoms with Crippen molar-refractivity contribution >= 4 is 15.7 Å². The standard InChI is InChI=1S/C12H19N3O3S/c1-15(9-12(16)6-2-3-7-12)19(17,18)11-10(13)5-4-8-14-11/h4-5,8,16H,2-3,6-7,9,13H2,1H3. The molecule has 0 saturated heterocycles. The van der Waals surface area contributed by atoms with Gasteiger partial charge in [-0.2, -0.15) is 4.31 Å². The first-order chi connectivity index (χ1) is 8.85. The molecule has 1 aliphatic carbocycles. The van der Waals surface area contributed by atoms with Gasteiger partial charge in [0.05, 0.1) is 11.3 Å². The largest absolute Gasteiger partial charge is 0.396 e. The number of anilines is 1. The third-order valence-corrected chi connectivity index (χ3v) is 5.29. The van der Waals surface area contributed by atoms with Crippen LogP contribution in [0.2, 0.25) is 0 Å². The van der Waals surface area contributed by atoms with Crippen molar-refractivity contribution < 1.29 is 13.5 Å². The Kier molecular flexibility index (Phi) is 3.80. The van der Waals surface area contributed by atoms with Crippen molar-refractivity contribution in [3.8, 4) is 0 Å². The molecule has 0 atom stereocenters. The number of rotatable bonds is 4. The topological polar surface area (TPSA) is 96.5 Å². The van der Waals surface area contributed by atoms with Crippen molar-refractivity contribution in [1.29, 1.82) is 0 Å². The molecule has 0 spiro atoms. The first kappa shape index (κ1) is 14.2. The fourth-order valence-corrected chi connectivity index (χ4v) is 3.72. The summed E-state index contributed by atoms with van der Waals surface area (Å²) in [5.74, 6) is 0. The summed E-state index contributed by atoms with van der Waals surface area (Å²) in [5, 5.41) is 10.1. The lowest BCUT2D eigenvalue weighted by molar-refractivity contribution is 0.0333. The van der Waals surface area contributed by atoms with Gasteiger partial charge in [0.1, 0.15) is 0 Å².